The van der Waals surface area contributed by atoms with Gasteiger partial charge in [-0.25, -0.2) is 0 Å². The third-order valence-electron chi connectivity index (χ3n) is 24.9. The Morgan fingerprint density at radius 2 is 0.692 bits per heavy atom. The molecule has 0 heterocycles. The number of methoxy groups -OCH3 is 2. The van der Waals surface area contributed by atoms with Gasteiger partial charge in [0.05, 0.1) is 12.2 Å². The molecule has 0 aromatic rings. The van der Waals surface area contributed by atoms with Crippen LogP contribution in [0.3, 0.4) is 0 Å². The molecule has 11 saturated carbocycles. The van der Waals surface area contributed by atoms with Gasteiger partial charge in [0.1, 0.15) is 0 Å². The van der Waals surface area contributed by atoms with Crippen molar-refractivity contribution in [2.45, 2.75) is 268 Å². The number of alkyl halides is 2. The fourth-order valence-electron chi connectivity index (χ4n) is 22.1. The first-order chi connectivity index (χ1) is 31.2. The smallest absolute Gasteiger partial charge is 0.0586 e. The zero-order chi connectivity index (χ0) is 45.2. The highest BCUT2D eigenvalue weighted by molar-refractivity contribution is 6.21. The van der Waals surface area contributed by atoms with Crippen LogP contribution in [-0.4, -0.2) is 83.2 Å². The normalized spacial score (nSPS) is 52.2. The van der Waals surface area contributed by atoms with Gasteiger partial charge in [-0.15, -0.1) is 23.2 Å². The molecule has 65 heavy (non-hydrogen) atoms. The molecular weight excluding hydrogens is 840 g/mol. The predicted octanol–water partition coefficient (Wildman–Crippen LogP) is 14.8. The molecule has 0 aromatic carbocycles. The van der Waals surface area contributed by atoms with Gasteiger partial charge >= 0.3 is 0 Å². The summed E-state index contributed by atoms with van der Waals surface area (Å²) in [6.45, 7) is 16.4. The van der Waals surface area contributed by atoms with E-state index in [1.807, 2.05) is 14.2 Å². The Bertz CT molecular complexity index is 1530. The van der Waals surface area contributed by atoms with Crippen LogP contribution in [-0.2, 0) is 9.47 Å². The molecule has 370 valence electrons. The van der Waals surface area contributed by atoms with Crippen LogP contribution in [0.1, 0.15) is 208 Å². The van der Waals surface area contributed by atoms with Crippen molar-refractivity contribution in [3.63, 3.8) is 0 Å². The van der Waals surface area contributed by atoms with E-state index in [1.54, 1.807) is 0 Å². The summed E-state index contributed by atoms with van der Waals surface area (Å²) in [6.07, 6.45) is 36.4. The van der Waals surface area contributed by atoms with E-state index in [0.29, 0.717) is 76.5 Å². The van der Waals surface area contributed by atoms with E-state index in [4.69, 9.17) is 32.7 Å². The predicted molar refractivity (Wildman–Crippen MR) is 271 cm³/mol. The topological polar surface area (TPSA) is 24.9 Å². The number of hydrogen-bond donors (Lipinski definition) is 0. The first-order valence-electron chi connectivity index (χ1n) is 29.1. The molecule has 0 aromatic heterocycles. The SMILES string of the molecule is COC1CCCC(N(C2CCC3C4CCCCC4C(C)(C)C3C2)C2CC3C(CC2Cl)C2CC(Cl)C(N(C4CCCC(OC)C4)C4CCC5C6CCCCC6C(C)(C)C5C4)CC2C3(C)C)C1. The molecule has 11 aliphatic rings. The minimum absolute atomic E-state index is 0.232. The zero-order valence-corrected chi connectivity index (χ0v) is 44.6. The van der Waals surface area contributed by atoms with Crippen molar-refractivity contribution >= 4 is 23.2 Å². The van der Waals surface area contributed by atoms with E-state index in [0.717, 1.165) is 59.2 Å². The van der Waals surface area contributed by atoms with Crippen LogP contribution in [0.5, 0.6) is 0 Å². The second kappa shape index (κ2) is 18.5. The monoisotopic (exact) mass is 937 g/mol. The Labute approximate surface area is 409 Å². The van der Waals surface area contributed by atoms with Crippen LogP contribution in [0, 0.1) is 87.3 Å². The molecule has 0 radical (unpaired) electrons. The van der Waals surface area contributed by atoms with E-state index < -0.39 is 0 Å². The third-order valence-corrected chi connectivity index (χ3v) is 25.9. The lowest BCUT2D eigenvalue weighted by Crippen LogP contribution is -2.59. The number of halogens is 2. The van der Waals surface area contributed by atoms with Crippen molar-refractivity contribution in [3.8, 4) is 0 Å². The molecule has 4 nitrogen and oxygen atoms in total. The van der Waals surface area contributed by atoms with Crippen LogP contribution in [0.25, 0.3) is 0 Å². The Morgan fingerprint density at radius 1 is 0.338 bits per heavy atom. The summed E-state index contributed by atoms with van der Waals surface area (Å²) in [4.78, 5) is 6.40. The number of fused-ring (bicyclic) bond motifs is 9. The van der Waals surface area contributed by atoms with Crippen LogP contribution >= 0.6 is 23.2 Å². The molecular formula is C59H98Cl2N2O2. The summed E-state index contributed by atoms with van der Waals surface area (Å²) in [6, 6.07) is 3.52. The van der Waals surface area contributed by atoms with Crippen molar-refractivity contribution in [2.75, 3.05) is 14.2 Å². The lowest BCUT2D eigenvalue weighted by Gasteiger charge is -2.54. The van der Waals surface area contributed by atoms with E-state index in [9.17, 15) is 0 Å². The van der Waals surface area contributed by atoms with Crippen molar-refractivity contribution in [3.05, 3.63) is 0 Å². The second-order valence-corrected chi connectivity index (χ2v) is 29.1. The zero-order valence-electron chi connectivity index (χ0n) is 43.1. The fourth-order valence-corrected chi connectivity index (χ4v) is 23.0. The van der Waals surface area contributed by atoms with E-state index in [1.165, 1.54) is 167 Å². The molecule has 0 N–H and O–H groups in total. The molecule has 6 heteroatoms. The summed E-state index contributed by atoms with van der Waals surface area (Å²) >= 11 is 16.2. The standard InChI is InChI=1S/C59H98Cl2N2O2/c1-57(2)47-21-11-9-19-41(47)43-25-23-37(29-49(43)57)62(35-15-13-17-39(27-35)64-7)55-33-51-45(31-53(55)60)46-32-54(61)56(34-52(46)59(51,5)6)63(36-16-14-18-40(28-36)65-8)38-24-26-44-42-20-10-12-22-48(42)58(3,4)50(44)30-38/h35-56H,9-34H2,1-8H3. The minimum Gasteiger partial charge on any atom is -0.381 e. The van der Waals surface area contributed by atoms with Gasteiger partial charge in [-0.1, -0.05) is 67.2 Å². The van der Waals surface area contributed by atoms with Crippen molar-refractivity contribution < 1.29 is 9.47 Å². The molecule has 22 unspecified atom stereocenters. The summed E-state index contributed by atoms with van der Waals surface area (Å²) in [5.41, 5.74) is 1.24. The average Bonchev–Trinajstić information content (AvgIpc) is 3.78. The molecule has 11 rings (SSSR count). The van der Waals surface area contributed by atoms with Crippen LogP contribution in [0.4, 0.5) is 0 Å². The number of hydrogen-bond acceptors (Lipinski definition) is 4. The van der Waals surface area contributed by atoms with E-state index >= 15 is 0 Å². The highest BCUT2D eigenvalue weighted by atomic mass is 35.5. The molecule has 0 bridgehead atoms. The van der Waals surface area contributed by atoms with Gasteiger partial charge in [-0.05, 0) is 229 Å². The molecule has 0 aliphatic heterocycles. The Kier molecular flexibility index (Phi) is 13.6. The maximum atomic E-state index is 8.08. The Morgan fingerprint density at radius 3 is 1.11 bits per heavy atom. The third kappa shape index (κ3) is 8.06. The highest BCUT2D eigenvalue weighted by Gasteiger charge is 2.64. The molecule has 22 atom stereocenters. The van der Waals surface area contributed by atoms with Crippen molar-refractivity contribution in [2.24, 2.45) is 87.3 Å². The van der Waals surface area contributed by atoms with Crippen molar-refractivity contribution in [1.29, 1.82) is 0 Å². The molecule has 0 saturated heterocycles. The minimum atomic E-state index is 0.232. The maximum absolute atomic E-state index is 8.08. The average molecular weight is 938 g/mol. The number of nitrogens with zero attached hydrogens (tertiary/aromatic N) is 2. The summed E-state index contributed by atoms with van der Waals surface area (Å²) in [5.74, 6) is 10.4. The van der Waals surface area contributed by atoms with Gasteiger partial charge in [0.25, 0.3) is 0 Å². The number of rotatable bonds is 8. The lowest BCUT2D eigenvalue weighted by atomic mass is 9.64. The Balaban J connectivity index is 0.865. The first-order valence-corrected chi connectivity index (χ1v) is 30.0. The van der Waals surface area contributed by atoms with Gasteiger partial charge in [0, 0.05) is 61.2 Å². The quantitative estimate of drug-likeness (QED) is 0.226. The van der Waals surface area contributed by atoms with Gasteiger partial charge in [-0.2, -0.15) is 0 Å². The van der Waals surface area contributed by atoms with E-state index in [-0.39, 0.29) is 10.8 Å². The molecule has 11 aliphatic carbocycles. The summed E-state index contributed by atoms with van der Waals surface area (Å²) in [7, 11) is 3.97. The van der Waals surface area contributed by atoms with Gasteiger partial charge < -0.3 is 9.47 Å². The van der Waals surface area contributed by atoms with Gasteiger partial charge in [0.2, 0.25) is 0 Å². The molecule has 11 fully saturated rings. The lowest BCUT2D eigenvalue weighted by molar-refractivity contribution is -0.0530. The van der Waals surface area contributed by atoms with Gasteiger partial charge in [-0.3, -0.25) is 9.80 Å². The van der Waals surface area contributed by atoms with Crippen LogP contribution < -0.4 is 0 Å². The van der Waals surface area contributed by atoms with Crippen LogP contribution in [0.2, 0.25) is 0 Å². The molecule has 0 amide bonds. The summed E-state index contributed by atoms with van der Waals surface area (Å²) < 4.78 is 12.4. The highest BCUT2D eigenvalue weighted by Crippen LogP contribution is 2.68. The maximum Gasteiger partial charge on any atom is 0.0586 e. The molecule has 0 spiro atoms. The van der Waals surface area contributed by atoms with Crippen LogP contribution in [0.15, 0.2) is 0 Å². The fraction of sp³-hybridized carbons (Fsp3) is 1.00. The number of ether oxygens (including phenoxy) is 2. The first kappa shape index (κ1) is 47.7. The summed E-state index contributed by atoms with van der Waals surface area (Å²) in [5, 5.41) is 0.464. The van der Waals surface area contributed by atoms with Gasteiger partial charge in [0.15, 0.2) is 0 Å². The van der Waals surface area contributed by atoms with Crippen molar-refractivity contribution in [1.82, 2.24) is 9.80 Å². The Hall–Kier alpha value is 0.420. The largest absolute Gasteiger partial charge is 0.381 e. The van der Waals surface area contributed by atoms with E-state index in [2.05, 4.69) is 51.3 Å². The second-order valence-electron chi connectivity index (χ2n) is 27.9.